The molecule has 0 aliphatic rings. The van der Waals surface area contributed by atoms with E-state index in [2.05, 4.69) is 12.0 Å². The van der Waals surface area contributed by atoms with E-state index >= 15 is 0 Å². The van der Waals surface area contributed by atoms with Gasteiger partial charge in [0.1, 0.15) is 5.75 Å². The number of benzene rings is 1. The molecule has 0 aliphatic carbocycles. The number of ether oxygens (including phenoxy) is 2. The average molecular weight is 518 g/mol. The normalized spacial score (nSPS) is 12.8. The number of aryl methyl sites for hydroxylation is 2. The van der Waals surface area contributed by atoms with E-state index in [1.807, 2.05) is 25.1 Å². The zero-order valence-corrected chi connectivity index (χ0v) is 22.8. The lowest BCUT2D eigenvalue weighted by Gasteiger charge is -2.26. The van der Waals surface area contributed by atoms with Gasteiger partial charge in [-0.05, 0) is 63.1 Å². The number of rotatable bonds is 18. The molecule has 0 saturated heterocycles. The zero-order chi connectivity index (χ0) is 27.3. The van der Waals surface area contributed by atoms with Crippen LogP contribution in [0.1, 0.15) is 90.5 Å². The van der Waals surface area contributed by atoms with Crippen LogP contribution in [0.25, 0.3) is 0 Å². The van der Waals surface area contributed by atoms with E-state index in [-0.39, 0.29) is 5.88 Å². The van der Waals surface area contributed by atoms with Crippen molar-refractivity contribution >= 4 is 5.97 Å². The molecule has 206 valence electrons. The van der Waals surface area contributed by atoms with Crippen LogP contribution in [0.5, 0.6) is 11.6 Å². The second-order valence-electron chi connectivity index (χ2n) is 9.78. The lowest BCUT2D eigenvalue weighted by molar-refractivity contribution is -0.154. The smallest absolute Gasteiger partial charge is 0.347 e. The first-order valence-corrected chi connectivity index (χ1v) is 13.5. The first-order valence-electron chi connectivity index (χ1n) is 13.5. The molecule has 0 amide bonds. The van der Waals surface area contributed by atoms with E-state index < -0.39 is 22.8 Å². The summed E-state index contributed by atoms with van der Waals surface area (Å²) in [4.78, 5) is 36.4. The maximum Gasteiger partial charge on any atom is 0.347 e. The largest absolute Gasteiger partial charge is 0.478 e. The van der Waals surface area contributed by atoms with Crippen LogP contribution < -0.4 is 20.7 Å². The van der Waals surface area contributed by atoms with Crippen LogP contribution >= 0.6 is 0 Å². The molecule has 0 radical (unpaired) electrons. The van der Waals surface area contributed by atoms with Crippen LogP contribution in [-0.2, 0) is 24.8 Å². The van der Waals surface area contributed by atoms with E-state index in [1.54, 1.807) is 13.0 Å². The number of hydrogen-bond donors (Lipinski definition) is 1. The Kier molecular flexibility index (Phi) is 12.4. The highest BCUT2D eigenvalue weighted by Gasteiger charge is 2.34. The lowest BCUT2D eigenvalue weighted by Crippen LogP contribution is -2.41. The molecule has 0 aliphatic heterocycles. The summed E-state index contributed by atoms with van der Waals surface area (Å²) in [6.45, 7) is 6.51. The Morgan fingerprint density at radius 2 is 1.76 bits per heavy atom. The Labute approximate surface area is 219 Å². The molecular formula is C28H43N3O6. The summed E-state index contributed by atoms with van der Waals surface area (Å²) in [5, 5.41) is 13.7. The van der Waals surface area contributed by atoms with E-state index in [1.165, 1.54) is 18.2 Å². The predicted molar refractivity (Wildman–Crippen MR) is 144 cm³/mol. The summed E-state index contributed by atoms with van der Waals surface area (Å²) in [6, 6.07) is 7.56. The van der Waals surface area contributed by atoms with Gasteiger partial charge in [-0.15, -0.1) is 5.10 Å². The fourth-order valence-electron chi connectivity index (χ4n) is 4.18. The topological polar surface area (TPSA) is 113 Å². The second-order valence-corrected chi connectivity index (χ2v) is 9.78. The van der Waals surface area contributed by atoms with E-state index in [0.717, 1.165) is 61.5 Å². The molecule has 1 atom stereocenters. The molecular weight excluding hydrogens is 474 g/mol. The maximum atomic E-state index is 12.4. The van der Waals surface area contributed by atoms with Crippen molar-refractivity contribution in [3.63, 3.8) is 0 Å². The van der Waals surface area contributed by atoms with Crippen LogP contribution in [0, 0.1) is 0 Å². The van der Waals surface area contributed by atoms with Crippen LogP contribution in [0.2, 0.25) is 0 Å². The molecule has 1 aromatic carbocycles. The summed E-state index contributed by atoms with van der Waals surface area (Å²) in [6.07, 6.45) is 9.80. The number of carboxylic acids is 1. The number of nitrogens with zero attached hydrogens (tertiary/aromatic N) is 3. The van der Waals surface area contributed by atoms with Gasteiger partial charge in [-0.1, -0.05) is 58.1 Å². The number of carbonyl (C=O) groups is 1. The molecule has 2 rings (SSSR count). The van der Waals surface area contributed by atoms with Crippen molar-refractivity contribution in [1.82, 2.24) is 14.3 Å². The Bertz CT molecular complexity index is 1110. The minimum Gasteiger partial charge on any atom is -0.478 e. The first-order chi connectivity index (χ1) is 17.7. The Balaban J connectivity index is 1.82. The van der Waals surface area contributed by atoms with Crippen LogP contribution in [-0.4, -0.2) is 37.6 Å². The Hall–Kier alpha value is -3.10. The summed E-state index contributed by atoms with van der Waals surface area (Å²) in [5.74, 6) is -0.442. The SMILES string of the molecule is CCCCCCCn1nc(OCCCCCc2cccc(OC(C)(CCC)C(=O)O)c2)c(=O)n(C)c1=O. The van der Waals surface area contributed by atoms with Gasteiger partial charge >= 0.3 is 17.2 Å². The Morgan fingerprint density at radius 1 is 1.03 bits per heavy atom. The lowest BCUT2D eigenvalue weighted by atomic mass is 10.0. The highest BCUT2D eigenvalue weighted by molar-refractivity contribution is 5.77. The molecule has 0 bridgehead atoms. The highest BCUT2D eigenvalue weighted by atomic mass is 16.5. The van der Waals surface area contributed by atoms with Crippen molar-refractivity contribution in [2.75, 3.05) is 6.61 Å². The number of unbranched alkanes of at least 4 members (excludes halogenated alkanes) is 6. The van der Waals surface area contributed by atoms with Gasteiger partial charge in [0.15, 0.2) is 0 Å². The molecule has 0 spiro atoms. The number of aliphatic carboxylic acids is 1. The van der Waals surface area contributed by atoms with Crippen LogP contribution in [0.3, 0.4) is 0 Å². The van der Waals surface area contributed by atoms with E-state index in [9.17, 15) is 19.5 Å². The standard InChI is InChI=1S/C28H43N3O6/c1-5-7-8-9-12-19-31-27(35)30(4)25(32)24(29-31)36-20-13-10-11-15-22-16-14-17-23(21-22)37-28(3,18-6-2)26(33)34/h14,16-17,21H,5-13,15,18-20H2,1-4H3,(H,33,34). The first kappa shape index (κ1) is 30.1. The fraction of sp³-hybridized carbons (Fsp3) is 0.643. The molecule has 37 heavy (non-hydrogen) atoms. The third kappa shape index (κ3) is 9.37. The van der Waals surface area contributed by atoms with Gasteiger partial charge in [0.05, 0.1) is 6.61 Å². The molecule has 2 aromatic rings. The van der Waals surface area contributed by atoms with Gasteiger partial charge in [0.2, 0.25) is 5.60 Å². The highest BCUT2D eigenvalue weighted by Crippen LogP contribution is 2.24. The molecule has 9 nitrogen and oxygen atoms in total. The van der Waals surface area contributed by atoms with Crippen molar-refractivity contribution in [2.24, 2.45) is 7.05 Å². The fourth-order valence-corrected chi connectivity index (χ4v) is 4.18. The third-order valence-corrected chi connectivity index (χ3v) is 6.45. The third-order valence-electron chi connectivity index (χ3n) is 6.45. The van der Waals surface area contributed by atoms with Crippen molar-refractivity contribution < 1.29 is 19.4 Å². The molecule has 1 N–H and O–H groups in total. The molecule has 0 fully saturated rings. The molecule has 0 saturated carbocycles. The second kappa shape index (κ2) is 15.2. The summed E-state index contributed by atoms with van der Waals surface area (Å²) in [7, 11) is 1.45. The van der Waals surface area contributed by atoms with Gasteiger partial charge < -0.3 is 14.6 Å². The van der Waals surface area contributed by atoms with Gasteiger partial charge in [0.25, 0.3) is 5.88 Å². The van der Waals surface area contributed by atoms with Crippen molar-refractivity contribution in [1.29, 1.82) is 0 Å². The summed E-state index contributed by atoms with van der Waals surface area (Å²) < 4.78 is 13.9. The minimum absolute atomic E-state index is 0.0333. The van der Waals surface area contributed by atoms with Crippen LogP contribution in [0.15, 0.2) is 33.9 Å². The number of carboxylic acid groups (broad SMARTS) is 1. The zero-order valence-electron chi connectivity index (χ0n) is 22.8. The quantitative estimate of drug-likeness (QED) is 0.285. The van der Waals surface area contributed by atoms with Crippen molar-refractivity contribution in [2.45, 2.75) is 104 Å². The molecule has 9 heteroatoms. The van der Waals surface area contributed by atoms with Gasteiger partial charge in [-0.25, -0.2) is 14.3 Å². The Morgan fingerprint density at radius 3 is 2.46 bits per heavy atom. The van der Waals surface area contributed by atoms with E-state index in [0.29, 0.717) is 31.7 Å². The van der Waals surface area contributed by atoms with Crippen molar-refractivity contribution in [3.05, 3.63) is 50.7 Å². The number of hydrogen-bond acceptors (Lipinski definition) is 6. The monoisotopic (exact) mass is 517 g/mol. The van der Waals surface area contributed by atoms with Crippen molar-refractivity contribution in [3.8, 4) is 11.6 Å². The van der Waals surface area contributed by atoms with Gasteiger partial charge in [-0.2, -0.15) is 0 Å². The summed E-state index contributed by atoms with van der Waals surface area (Å²) >= 11 is 0. The molecule has 1 heterocycles. The summed E-state index contributed by atoms with van der Waals surface area (Å²) in [5.41, 5.74) is -1.10. The van der Waals surface area contributed by atoms with Crippen LogP contribution in [0.4, 0.5) is 0 Å². The van der Waals surface area contributed by atoms with Gasteiger partial charge in [0, 0.05) is 13.6 Å². The number of aromatic nitrogens is 3. The predicted octanol–water partition coefficient (Wildman–Crippen LogP) is 4.73. The minimum atomic E-state index is -1.24. The van der Waals surface area contributed by atoms with Gasteiger partial charge in [-0.3, -0.25) is 9.36 Å². The molecule has 1 aromatic heterocycles. The average Bonchev–Trinajstić information content (AvgIpc) is 2.87. The molecule has 1 unspecified atom stereocenters. The van der Waals surface area contributed by atoms with E-state index in [4.69, 9.17) is 9.47 Å². The maximum absolute atomic E-state index is 12.4.